The third-order valence-corrected chi connectivity index (χ3v) is 6.17. The molecule has 0 bridgehead atoms. The number of rotatable bonds is 8. The summed E-state index contributed by atoms with van der Waals surface area (Å²) in [5.41, 5.74) is 2.27. The summed E-state index contributed by atoms with van der Waals surface area (Å²) < 4.78 is 6.81. The van der Waals surface area contributed by atoms with Gasteiger partial charge in [0.25, 0.3) is 11.4 Å². The number of aromatic nitrogens is 3. The zero-order chi connectivity index (χ0) is 25.1. The number of allylic oxidation sites excluding steroid dienone is 1. The number of nitrogens with one attached hydrogen (secondary N) is 1. The zero-order valence-corrected chi connectivity index (χ0v) is 19.5. The fourth-order valence-electron chi connectivity index (χ4n) is 3.61. The van der Waals surface area contributed by atoms with Crippen molar-refractivity contribution in [2.75, 3.05) is 11.9 Å². The topological polar surface area (TPSA) is 155 Å². The Morgan fingerprint density at radius 3 is 2.26 bits per heavy atom. The van der Waals surface area contributed by atoms with Gasteiger partial charge in [0.1, 0.15) is 6.04 Å². The summed E-state index contributed by atoms with van der Waals surface area (Å²) in [4.78, 5) is 38.3. The summed E-state index contributed by atoms with van der Waals surface area (Å²) in [6, 6.07) is 11.4. The summed E-state index contributed by atoms with van der Waals surface area (Å²) in [5.74, 6) is 0.355. The highest BCUT2D eigenvalue weighted by molar-refractivity contribution is 7.98. The second kappa shape index (κ2) is 9.93. The quantitative estimate of drug-likeness (QED) is 0.207. The molecule has 12 nitrogen and oxygen atoms in total. The number of fused-ring (bicyclic) bond motifs is 1. The average molecular weight is 497 g/mol. The highest BCUT2D eigenvalue weighted by atomic mass is 32.2. The van der Waals surface area contributed by atoms with E-state index in [1.807, 2.05) is 0 Å². The van der Waals surface area contributed by atoms with Gasteiger partial charge in [-0.05, 0) is 37.1 Å². The molecule has 1 aromatic heterocycles. The number of carbonyl (C=O) groups excluding carboxylic acids is 1. The Hall–Kier alpha value is -4.26. The molecule has 1 aliphatic heterocycles. The molecule has 0 spiro atoms. The summed E-state index contributed by atoms with van der Waals surface area (Å²) >= 11 is 1.33. The van der Waals surface area contributed by atoms with Crippen molar-refractivity contribution >= 4 is 35.1 Å². The van der Waals surface area contributed by atoms with E-state index in [1.165, 1.54) is 36.0 Å². The molecule has 2 heterocycles. The lowest BCUT2D eigenvalue weighted by Crippen LogP contribution is -2.29. The largest absolute Gasteiger partial charge is 0.463 e. The third kappa shape index (κ3) is 4.99. The maximum atomic E-state index is 12.8. The van der Waals surface area contributed by atoms with Crippen molar-refractivity contribution < 1.29 is 19.4 Å². The second-order valence-corrected chi connectivity index (χ2v) is 8.45. The fourth-order valence-corrected chi connectivity index (χ4v) is 4.40. The number of non-ortho nitro benzene ring substituents is 2. The summed E-state index contributed by atoms with van der Waals surface area (Å²) in [5, 5.41) is 30.0. The Labute approximate surface area is 203 Å². The van der Waals surface area contributed by atoms with Crippen molar-refractivity contribution in [2.45, 2.75) is 30.8 Å². The molecule has 2 aromatic carbocycles. The van der Waals surface area contributed by atoms with E-state index in [2.05, 4.69) is 15.4 Å². The predicted octanol–water partition coefficient (Wildman–Crippen LogP) is 4.24. The van der Waals surface area contributed by atoms with Crippen LogP contribution < -0.4 is 5.32 Å². The van der Waals surface area contributed by atoms with Gasteiger partial charge >= 0.3 is 5.97 Å². The number of benzene rings is 2. The number of nitro groups is 2. The van der Waals surface area contributed by atoms with Crippen LogP contribution in [0.2, 0.25) is 0 Å². The molecular weight excluding hydrogens is 476 g/mol. The first-order valence-electron chi connectivity index (χ1n) is 10.5. The van der Waals surface area contributed by atoms with E-state index in [9.17, 15) is 25.0 Å². The molecule has 3 aromatic rings. The second-order valence-electron chi connectivity index (χ2n) is 7.51. The van der Waals surface area contributed by atoms with Crippen LogP contribution in [0.15, 0.2) is 65.0 Å². The molecule has 0 saturated carbocycles. The lowest BCUT2D eigenvalue weighted by atomic mass is 9.95. The molecule has 35 heavy (non-hydrogen) atoms. The van der Waals surface area contributed by atoms with Crippen molar-refractivity contribution in [1.29, 1.82) is 0 Å². The van der Waals surface area contributed by atoms with E-state index >= 15 is 0 Å². The van der Waals surface area contributed by atoms with Crippen LogP contribution in [0.3, 0.4) is 0 Å². The molecule has 1 aliphatic rings. The van der Waals surface area contributed by atoms with Crippen LogP contribution in [0.25, 0.3) is 0 Å². The first kappa shape index (κ1) is 23.9. The minimum atomic E-state index is -0.702. The molecule has 0 amide bonds. The Kier molecular flexibility index (Phi) is 6.78. The molecule has 180 valence electrons. The number of nitro benzene ring substituents is 2. The van der Waals surface area contributed by atoms with Gasteiger partial charge < -0.3 is 10.1 Å². The minimum Gasteiger partial charge on any atom is -0.463 e. The fraction of sp³-hybridized carbons (Fsp3) is 0.227. The molecular formula is C22H20N6O6S. The number of ether oxygens (including phenoxy) is 1. The highest BCUT2D eigenvalue weighted by Crippen LogP contribution is 2.37. The van der Waals surface area contributed by atoms with Crippen LogP contribution >= 0.6 is 11.8 Å². The standard InChI is InChI=1S/C22H20N6O6S/c1-3-34-20(29)18-13(2)23-21-24-22(35-12-14-4-8-16(9-5-14)27(30)31)25-26(21)19(18)15-6-10-17(11-7-15)28(32)33/h4-11,19H,3,12H2,1-2H3,(H,23,24,25)/t19-/m0/s1. The number of hydrogen-bond acceptors (Lipinski definition) is 10. The number of nitrogens with zero attached hydrogens (tertiary/aromatic N) is 5. The molecule has 0 saturated heterocycles. The molecule has 4 rings (SSSR count). The maximum Gasteiger partial charge on any atom is 0.338 e. The maximum absolute atomic E-state index is 12.8. The van der Waals surface area contributed by atoms with Crippen LogP contribution in [-0.2, 0) is 15.3 Å². The van der Waals surface area contributed by atoms with Crippen LogP contribution in [0.4, 0.5) is 17.3 Å². The van der Waals surface area contributed by atoms with Crippen molar-refractivity contribution in [2.24, 2.45) is 0 Å². The van der Waals surface area contributed by atoms with Crippen LogP contribution in [-0.4, -0.2) is 37.2 Å². The van der Waals surface area contributed by atoms with Gasteiger partial charge in [-0.1, -0.05) is 23.9 Å². The molecule has 1 N–H and O–H groups in total. The SMILES string of the molecule is CCOC(=O)C1=C(C)Nc2nc(SCc3ccc([N+](=O)[O-])cc3)nn2[C@H]1c1ccc([N+](=O)[O-])cc1. The summed E-state index contributed by atoms with van der Waals surface area (Å²) in [7, 11) is 0. The van der Waals surface area contributed by atoms with Crippen molar-refractivity contribution in [3.63, 3.8) is 0 Å². The van der Waals surface area contributed by atoms with E-state index in [1.54, 1.807) is 42.8 Å². The zero-order valence-electron chi connectivity index (χ0n) is 18.7. The molecule has 0 fully saturated rings. The van der Waals surface area contributed by atoms with Gasteiger partial charge in [-0.2, -0.15) is 4.98 Å². The van der Waals surface area contributed by atoms with E-state index in [4.69, 9.17) is 4.74 Å². The van der Waals surface area contributed by atoms with Crippen molar-refractivity contribution in [1.82, 2.24) is 14.8 Å². The minimum absolute atomic E-state index is 0.0116. The van der Waals surface area contributed by atoms with Gasteiger partial charge in [0, 0.05) is 35.7 Å². The third-order valence-electron chi connectivity index (χ3n) is 5.26. The van der Waals surface area contributed by atoms with E-state index in [-0.39, 0.29) is 18.0 Å². The first-order chi connectivity index (χ1) is 16.8. The highest BCUT2D eigenvalue weighted by Gasteiger charge is 2.35. The number of thioether (sulfide) groups is 1. The molecule has 1 atom stereocenters. The first-order valence-corrected chi connectivity index (χ1v) is 11.5. The monoisotopic (exact) mass is 496 g/mol. The predicted molar refractivity (Wildman–Crippen MR) is 127 cm³/mol. The normalized spacial score (nSPS) is 14.7. The Morgan fingerprint density at radius 2 is 1.69 bits per heavy atom. The number of hydrogen-bond donors (Lipinski definition) is 1. The Balaban J connectivity index is 1.65. The number of carbonyl (C=O) groups is 1. The molecule has 0 radical (unpaired) electrons. The van der Waals surface area contributed by atoms with Gasteiger partial charge in [-0.3, -0.25) is 20.2 Å². The van der Waals surface area contributed by atoms with Gasteiger partial charge in [0.2, 0.25) is 11.1 Å². The van der Waals surface area contributed by atoms with Gasteiger partial charge in [0.15, 0.2) is 0 Å². The molecule has 0 aliphatic carbocycles. The molecule has 13 heteroatoms. The van der Waals surface area contributed by atoms with E-state index in [0.717, 1.165) is 5.56 Å². The Bertz CT molecular complexity index is 1320. The number of esters is 1. The van der Waals surface area contributed by atoms with Crippen LogP contribution in [0, 0.1) is 20.2 Å². The lowest BCUT2D eigenvalue weighted by Gasteiger charge is -2.28. The van der Waals surface area contributed by atoms with Gasteiger partial charge in [-0.25, -0.2) is 9.48 Å². The Morgan fingerprint density at radius 1 is 1.09 bits per heavy atom. The molecule has 0 unspecified atom stereocenters. The van der Waals surface area contributed by atoms with E-state index < -0.39 is 21.9 Å². The van der Waals surface area contributed by atoms with Crippen molar-refractivity contribution in [3.8, 4) is 0 Å². The van der Waals surface area contributed by atoms with Crippen molar-refractivity contribution in [3.05, 3.63) is 91.2 Å². The van der Waals surface area contributed by atoms with Crippen LogP contribution in [0.1, 0.15) is 31.0 Å². The van der Waals surface area contributed by atoms with Gasteiger partial charge in [0.05, 0.1) is 22.0 Å². The van der Waals surface area contributed by atoms with E-state index in [0.29, 0.717) is 33.7 Å². The van der Waals surface area contributed by atoms with Gasteiger partial charge in [-0.15, -0.1) is 5.10 Å². The average Bonchev–Trinajstić information content (AvgIpc) is 3.24. The van der Waals surface area contributed by atoms with Crippen LogP contribution in [0.5, 0.6) is 0 Å². The number of anilines is 1. The summed E-state index contributed by atoms with van der Waals surface area (Å²) in [6.07, 6.45) is 0. The summed E-state index contributed by atoms with van der Waals surface area (Å²) in [6.45, 7) is 3.62. The lowest BCUT2D eigenvalue weighted by molar-refractivity contribution is -0.385. The smallest absolute Gasteiger partial charge is 0.338 e.